The van der Waals surface area contributed by atoms with Crippen molar-refractivity contribution in [3.63, 3.8) is 0 Å². The van der Waals surface area contributed by atoms with E-state index in [-0.39, 0.29) is 40.4 Å². The molecule has 1 aromatic rings. The van der Waals surface area contributed by atoms with Crippen LogP contribution in [0.1, 0.15) is 24.2 Å². The first-order valence-electron chi connectivity index (χ1n) is 5.53. The predicted molar refractivity (Wildman–Crippen MR) is 108 cm³/mol. The molecule has 0 aromatic heterocycles. The molecule has 0 aliphatic rings. The average molecular weight is 651 g/mol. The number of nitrogens with zero attached hydrogens (tertiary/aromatic N) is 1. The fourth-order valence-electron chi connectivity index (χ4n) is 1.57. The molecule has 0 saturated carbocycles. The van der Waals surface area contributed by atoms with Gasteiger partial charge in [0.1, 0.15) is 0 Å². The van der Waals surface area contributed by atoms with Gasteiger partial charge in [-0.2, -0.15) is 0 Å². The Labute approximate surface area is 184 Å². The monoisotopic (exact) mass is 651 g/mol. The van der Waals surface area contributed by atoms with Gasteiger partial charge in [0.05, 0.1) is 20.9 Å². The summed E-state index contributed by atoms with van der Waals surface area (Å²) >= 11 is 5.70. The van der Waals surface area contributed by atoms with Gasteiger partial charge in [-0.15, -0.1) is 0 Å². The Bertz CT molecular complexity index is 652. The molecule has 0 aliphatic heterocycles. The molecular formula is C12H10I3MgN2O4+. The van der Waals surface area contributed by atoms with Gasteiger partial charge in [0.25, 0.3) is 0 Å². The van der Waals surface area contributed by atoms with Gasteiger partial charge in [-0.05, 0) is 67.8 Å². The zero-order chi connectivity index (χ0) is 16.5. The Morgan fingerprint density at radius 1 is 1.05 bits per heavy atom. The zero-order valence-corrected chi connectivity index (χ0v) is 19.8. The number of carboxylic acid groups (broad SMARTS) is 1. The molecule has 1 N–H and O–H groups in total. The minimum Gasteiger partial charge on any atom is -0.545 e. The van der Waals surface area contributed by atoms with Crippen LogP contribution in [0.5, 0.6) is 0 Å². The summed E-state index contributed by atoms with van der Waals surface area (Å²) in [6.45, 7) is 2.71. The Morgan fingerprint density at radius 3 is 1.91 bits per heavy atom. The standard InChI is InChI=1S/C12H11I3N2O4.Mg/c1-4(18)16-10-7(13)6(12(20)21)8(14)11(9(10)15)17(3)5(2)19;/h1-3H3,(H,16,18)(H,20,21);/q;+2/p-1. The van der Waals surface area contributed by atoms with Crippen LogP contribution in [0.2, 0.25) is 0 Å². The Morgan fingerprint density at radius 2 is 1.55 bits per heavy atom. The molecule has 0 unspecified atom stereocenters. The van der Waals surface area contributed by atoms with Crippen LogP contribution >= 0.6 is 67.8 Å². The molecule has 0 bridgehead atoms. The Balaban J connectivity index is 0.00000441. The third-order valence-corrected chi connectivity index (χ3v) is 5.79. The summed E-state index contributed by atoms with van der Waals surface area (Å²) in [5.74, 6) is -1.93. The first-order chi connectivity index (χ1) is 9.59. The number of carbonyl (C=O) groups is 3. The van der Waals surface area contributed by atoms with E-state index in [2.05, 4.69) is 5.32 Å². The molecule has 0 atom stereocenters. The van der Waals surface area contributed by atoms with Gasteiger partial charge in [-0.25, -0.2) is 0 Å². The fourth-order valence-corrected chi connectivity index (χ4v) is 6.17. The van der Waals surface area contributed by atoms with Crippen molar-refractivity contribution >= 4 is 120 Å². The van der Waals surface area contributed by atoms with Crippen LogP contribution in [0.15, 0.2) is 0 Å². The van der Waals surface area contributed by atoms with E-state index in [4.69, 9.17) is 0 Å². The maximum absolute atomic E-state index is 11.6. The molecule has 114 valence electrons. The number of carbonyl (C=O) groups excluding carboxylic acids is 3. The topological polar surface area (TPSA) is 89.5 Å². The summed E-state index contributed by atoms with van der Waals surface area (Å²) in [5, 5.41) is 14.0. The number of hydrogen-bond acceptors (Lipinski definition) is 4. The summed E-state index contributed by atoms with van der Waals surface area (Å²) in [6.07, 6.45) is 0. The first-order valence-corrected chi connectivity index (χ1v) is 8.76. The van der Waals surface area contributed by atoms with Crippen LogP contribution in [-0.4, -0.2) is 47.9 Å². The van der Waals surface area contributed by atoms with Crippen molar-refractivity contribution in [2.45, 2.75) is 13.8 Å². The van der Waals surface area contributed by atoms with Crippen molar-refractivity contribution in [1.29, 1.82) is 0 Å². The van der Waals surface area contributed by atoms with E-state index in [1.807, 2.05) is 67.8 Å². The van der Waals surface area contributed by atoms with E-state index in [9.17, 15) is 19.5 Å². The second-order valence-corrected chi connectivity index (χ2v) is 7.32. The second-order valence-electron chi connectivity index (χ2n) is 4.09. The van der Waals surface area contributed by atoms with E-state index in [1.165, 1.54) is 18.7 Å². The van der Waals surface area contributed by atoms with Gasteiger partial charge in [-0.1, -0.05) is 0 Å². The summed E-state index contributed by atoms with van der Waals surface area (Å²) in [5.41, 5.74) is 0.766. The second kappa shape index (κ2) is 9.17. The molecule has 0 fully saturated rings. The summed E-state index contributed by atoms with van der Waals surface area (Å²) in [6, 6.07) is 0. The van der Waals surface area contributed by atoms with Gasteiger partial charge in [0.15, 0.2) is 0 Å². The summed E-state index contributed by atoms with van der Waals surface area (Å²) < 4.78 is 1.37. The van der Waals surface area contributed by atoms with Gasteiger partial charge in [-0.3, -0.25) is 9.59 Å². The minimum atomic E-state index is -1.36. The van der Waals surface area contributed by atoms with E-state index >= 15 is 0 Å². The molecule has 0 radical (unpaired) electrons. The number of rotatable bonds is 3. The molecule has 10 heteroatoms. The molecule has 0 saturated heterocycles. The maximum atomic E-state index is 11.6. The third kappa shape index (κ3) is 4.79. The molecular weight excluding hydrogens is 641 g/mol. The van der Waals surface area contributed by atoms with E-state index in [0.717, 1.165) is 0 Å². The molecule has 1 aromatic carbocycles. The van der Waals surface area contributed by atoms with Crippen molar-refractivity contribution < 1.29 is 19.5 Å². The molecule has 2 amide bonds. The van der Waals surface area contributed by atoms with Crippen LogP contribution in [0, 0.1) is 10.7 Å². The normalized spacial score (nSPS) is 9.73. The maximum Gasteiger partial charge on any atom is 2.00 e. The number of carboxylic acids is 1. The number of benzene rings is 1. The van der Waals surface area contributed by atoms with Crippen LogP contribution in [-0.2, 0) is 9.59 Å². The van der Waals surface area contributed by atoms with Crippen molar-refractivity contribution in [2.24, 2.45) is 0 Å². The number of nitrogens with one attached hydrogen (secondary N) is 1. The predicted octanol–water partition coefficient (Wildman–Crippen LogP) is 1.42. The van der Waals surface area contributed by atoms with Crippen molar-refractivity contribution in [3.8, 4) is 0 Å². The first kappa shape index (κ1) is 22.6. The van der Waals surface area contributed by atoms with E-state index in [0.29, 0.717) is 22.1 Å². The minimum absolute atomic E-state index is 0. The van der Waals surface area contributed by atoms with Gasteiger partial charge in [0, 0.05) is 33.6 Å². The van der Waals surface area contributed by atoms with Crippen molar-refractivity contribution in [3.05, 3.63) is 16.3 Å². The van der Waals surface area contributed by atoms with Gasteiger partial charge in [0.2, 0.25) is 11.8 Å². The third-order valence-electron chi connectivity index (χ3n) is 2.61. The summed E-state index contributed by atoms with van der Waals surface area (Å²) in [4.78, 5) is 35.7. The molecule has 6 nitrogen and oxygen atoms in total. The van der Waals surface area contributed by atoms with Crippen LogP contribution in [0.3, 0.4) is 0 Å². The average Bonchev–Trinajstić information content (AvgIpc) is 2.33. The number of aromatic carboxylic acids is 1. The molecule has 0 aliphatic carbocycles. The number of hydrogen-bond donors (Lipinski definition) is 1. The molecule has 0 heterocycles. The Hall–Kier alpha value is 0.586. The van der Waals surface area contributed by atoms with E-state index < -0.39 is 5.97 Å². The largest absolute Gasteiger partial charge is 2.00 e. The van der Waals surface area contributed by atoms with Crippen LogP contribution in [0.25, 0.3) is 0 Å². The summed E-state index contributed by atoms with van der Waals surface area (Å²) in [7, 11) is 1.55. The van der Waals surface area contributed by atoms with Crippen LogP contribution < -0.4 is 15.3 Å². The molecule has 1 rings (SSSR count). The smallest absolute Gasteiger partial charge is 0.545 e. The van der Waals surface area contributed by atoms with Gasteiger partial charge < -0.3 is 20.1 Å². The molecule has 0 spiro atoms. The molecule has 22 heavy (non-hydrogen) atoms. The van der Waals surface area contributed by atoms with E-state index in [1.54, 1.807) is 7.05 Å². The number of anilines is 2. The fraction of sp³-hybridized carbons (Fsp3) is 0.250. The number of halogens is 3. The SMILES string of the molecule is CC(=O)Nc1c(I)c(C(=O)[O-])c(I)c(N(C)C(C)=O)c1I.[Mg+2]. The van der Waals surface area contributed by atoms with Gasteiger partial charge >= 0.3 is 23.1 Å². The van der Waals surface area contributed by atoms with Crippen molar-refractivity contribution in [1.82, 2.24) is 0 Å². The van der Waals surface area contributed by atoms with Crippen LogP contribution in [0.4, 0.5) is 11.4 Å². The Kier molecular flexibility index (Phi) is 9.41. The quantitative estimate of drug-likeness (QED) is 0.396. The zero-order valence-electron chi connectivity index (χ0n) is 11.9. The number of amides is 2. The van der Waals surface area contributed by atoms with Crippen molar-refractivity contribution in [2.75, 3.05) is 17.3 Å².